The summed E-state index contributed by atoms with van der Waals surface area (Å²) in [6.45, 7) is 1.59. The van der Waals surface area contributed by atoms with Gasteiger partial charge in [0.25, 0.3) is 5.91 Å². The van der Waals surface area contributed by atoms with Crippen molar-refractivity contribution in [2.75, 3.05) is 5.32 Å². The number of carbonyl (C=O) groups excluding carboxylic acids is 1. The van der Waals surface area contributed by atoms with E-state index in [1.165, 1.54) is 6.07 Å². The second kappa shape index (κ2) is 8.10. The van der Waals surface area contributed by atoms with Crippen molar-refractivity contribution in [2.45, 2.75) is 13.0 Å². The molecule has 5 nitrogen and oxygen atoms in total. The number of benzene rings is 1. The van der Waals surface area contributed by atoms with Gasteiger partial charge in [-0.15, -0.1) is 0 Å². The first-order chi connectivity index (χ1) is 11.0. The fourth-order valence-corrected chi connectivity index (χ4v) is 2.27. The van der Waals surface area contributed by atoms with Crippen LogP contribution in [0.3, 0.4) is 0 Å². The third kappa shape index (κ3) is 5.35. The predicted octanol–water partition coefficient (Wildman–Crippen LogP) is 3.67. The lowest BCUT2D eigenvalue weighted by molar-refractivity contribution is -0.125. The number of halogens is 2. The van der Waals surface area contributed by atoms with Gasteiger partial charge in [0.05, 0.1) is 5.02 Å². The van der Waals surface area contributed by atoms with Gasteiger partial charge in [0.2, 0.25) is 0 Å². The van der Waals surface area contributed by atoms with Crippen molar-refractivity contribution in [3.05, 3.63) is 52.6 Å². The maximum absolute atomic E-state index is 12.1. The summed E-state index contributed by atoms with van der Waals surface area (Å²) < 4.78 is 5.51. The van der Waals surface area contributed by atoms with Crippen LogP contribution in [0, 0.1) is 0 Å². The summed E-state index contributed by atoms with van der Waals surface area (Å²) in [5, 5.41) is 6.27. The number of amides is 1. The maximum Gasteiger partial charge on any atom is 0.266 e. The number of nitrogens with one attached hydrogen (secondary N) is 2. The Labute approximate surface area is 149 Å². The molecule has 1 unspecified atom stereocenters. The molecule has 1 aromatic heterocycles. The lowest BCUT2D eigenvalue weighted by Gasteiger charge is -2.16. The minimum atomic E-state index is -0.794. The Balaban J connectivity index is 1.90. The molecule has 0 fully saturated rings. The second-order valence-electron chi connectivity index (χ2n) is 4.49. The first kappa shape index (κ1) is 17.5. The molecule has 0 saturated carbocycles. The molecule has 0 radical (unpaired) electrons. The van der Waals surface area contributed by atoms with Crippen molar-refractivity contribution in [3.63, 3.8) is 0 Å². The van der Waals surface area contributed by atoms with Gasteiger partial charge in [-0.2, -0.15) is 0 Å². The molecule has 0 aliphatic heterocycles. The minimum absolute atomic E-state index is 0.131. The van der Waals surface area contributed by atoms with Crippen LogP contribution in [0.4, 0.5) is 5.82 Å². The molecule has 2 N–H and O–H groups in total. The van der Waals surface area contributed by atoms with Crippen molar-refractivity contribution < 1.29 is 9.53 Å². The van der Waals surface area contributed by atoms with E-state index >= 15 is 0 Å². The quantitative estimate of drug-likeness (QED) is 0.805. The van der Waals surface area contributed by atoms with Crippen LogP contribution in [0.15, 0.2) is 42.6 Å². The lowest BCUT2D eigenvalue weighted by atomic mass is 10.3. The first-order valence-corrected chi connectivity index (χ1v) is 7.76. The summed E-state index contributed by atoms with van der Waals surface area (Å²) in [5.41, 5.74) is 0. The molecule has 2 aromatic rings. The van der Waals surface area contributed by atoms with Crippen LogP contribution in [0.2, 0.25) is 10.0 Å². The fourth-order valence-electron chi connectivity index (χ4n) is 1.61. The Morgan fingerprint density at radius 3 is 2.74 bits per heavy atom. The molecule has 120 valence electrons. The van der Waals surface area contributed by atoms with Crippen molar-refractivity contribution in [1.29, 1.82) is 0 Å². The molecule has 0 aliphatic rings. The highest BCUT2D eigenvalue weighted by Gasteiger charge is 2.17. The van der Waals surface area contributed by atoms with Crippen molar-refractivity contribution in [1.82, 2.24) is 10.3 Å². The molecule has 1 atom stereocenters. The van der Waals surface area contributed by atoms with E-state index in [0.29, 0.717) is 21.6 Å². The minimum Gasteiger partial charge on any atom is -0.479 e. The monoisotopic (exact) mass is 369 g/mol. The molecule has 0 saturated heterocycles. The summed E-state index contributed by atoms with van der Waals surface area (Å²) in [6.07, 6.45) is 0.818. The van der Waals surface area contributed by atoms with Gasteiger partial charge in [0, 0.05) is 11.2 Å². The third-order valence-corrected chi connectivity index (χ3v) is 3.44. The van der Waals surface area contributed by atoms with Crippen LogP contribution in [0.1, 0.15) is 6.92 Å². The third-order valence-electron chi connectivity index (χ3n) is 2.71. The molecule has 8 heteroatoms. The Bertz CT molecular complexity index is 713. The summed E-state index contributed by atoms with van der Waals surface area (Å²) in [6, 6.07) is 10.1. The van der Waals surface area contributed by atoms with E-state index in [1.54, 1.807) is 43.5 Å². The summed E-state index contributed by atoms with van der Waals surface area (Å²) >= 11 is 16.9. The highest BCUT2D eigenvalue weighted by Crippen LogP contribution is 2.28. The number of pyridine rings is 1. The Kier molecular flexibility index (Phi) is 6.15. The highest BCUT2D eigenvalue weighted by molar-refractivity contribution is 7.80. The Morgan fingerprint density at radius 1 is 1.30 bits per heavy atom. The van der Waals surface area contributed by atoms with E-state index in [4.69, 9.17) is 40.2 Å². The van der Waals surface area contributed by atoms with E-state index in [-0.39, 0.29) is 5.11 Å². The maximum atomic E-state index is 12.1. The number of anilines is 1. The Morgan fingerprint density at radius 2 is 2.09 bits per heavy atom. The van der Waals surface area contributed by atoms with Crippen molar-refractivity contribution in [2.24, 2.45) is 0 Å². The average molecular weight is 370 g/mol. The van der Waals surface area contributed by atoms with Crippen LogP contribution >= 0.6 is 35.4 Å². The number of rotatable bonds is 4. The van der Waals surface area contributed by atoms with Crippen molar-refractivity contribution >= 4 is 52.3 Å². The van der Waals surface area contributed by atoms with Gasteiger partial charge in [-0.1, -0.05) is 29.3 Å². The molecule has 23 heavy (non-hydrogen) atoms. The number of thiocarbonyl (C=S) groups is 1. The van der Waals surface area contributed by atoms with Crippen molar-refractivity contribution in [3.8, 4) is 5.75 Å². The smallest absolute Gasteiger partial charge is 0.266 e. The van der Waals surface area contributed by atoms with Gasteiger partial charge in [-0.25, -0.2) is 4.98 Å². The summed E-state index contributed by atoms with van der Waals surface area (Å²) in [5.74, 6) is 0.485. The zero-order valence-corrected chi connectivity index (χ0v) is 14.4. The molecule has 1 amide bonds. The van der Waals surface area contributed by atoms with E-state index in [2.05, 4.69) is 15.6 Å². The summed E-state index contributed by atoms with van der Waals surface area (Å²) in [7, 11) is 0. The average Bonchev–Trinajstić information content (AvgIpc) is 2.50. The van der Waals surface area contributed by atoms with Gasteiger partial charge in [0.15, 0.2) is 11.2 Å². The lowest BCUT2D eigenvalue weighted by Crippen LogP contribution is -2.42. The molecule has 1 heterocycles. The second-order valence-corrected chi connectivity index (χ2v) is 5.75. The molecule has 0 aliphatic carbocycles. The normalized spacial score (nSPS) is 11.4. The summed E-state index contributed by atoms with van der Waals surface area (Å²) in [4.78, 5) is 16.1. The molecular weight excluding hydrogens is 357 g/mol. The predicted molar refractivity (Wildman–Crippen MR) is 95.2 cm³/mol. The number of hydrogen-bond donors (Lipinski definition) is 2. The fraction of sp³-hybridized carbons (Fsp3) is 0.133. The molecule has 2 rings (SSSR count). The van der Waals surface area contributed by atoms with E-state index < -0.39 is 12.0 Å². The van der Waals surface area contributed by atoms with Gasteiger partial charge < -0.3 is 10.1 Å². The van der Waals surface area contributed by atoms with Crippen LogP contribution in [0.25, 0.3) is 0 Å². The van der Waals surface area contributed by atoms with E-state index in [9.17, 15) is 4.79 Å². The van der Waals surface area contributed by atoms with E-state index in [0.717, 1.165) is 0 Å². The molecule has 0 bridgehead atoms. The first-order valence-electron chi connectivity index (χ1n) is 6.60. The van der Waals surface area contributed by atoms with Crippen LogP contribution in [-0.4, -0.2) is 22.1 Å². The zero-order chi connectivity index (χ0) is 16.8. The number of hydrogen-bond acceptors (Lipinski definition) is 4. The van der Waals surface area contributed by atoms with Gasteiger partial charge in [-0.3, -0.25) is 10.1 Å². The number of aromatic nitrogens is 1. The highest BCUT2D eigenvalue weighted by atomic mass is 35.5. The number of nitrogens with zero attached hydrogens (tertiary/aromatic N) is 1. The van der Waals surface area contributed by atoms with Gasteiger partial charge >= 0.3 is 0 Å². The van der Waals surface area contributed by atoms with Crippen LogP contribution < -0.4 is 15.4 Å². The molecule has 1 aromatic carbocycles. The van der Waals surface area contributed by atoms with Gasteiger partial charge in [-0.05, 0) is 49.5 Å². The van der Waals surface area contributed by atoms with Gasteiger partial charge in [0.1, 0.15) is 11.6 Å². The standard InChI is InChI=1S/C15H13Cl2N3O2S/c1-9(22-12-6-5-10(16)8-11(12)17)14(21)20-15(23)19-13-4-2-3-7-18-13/h2-9H,1H3,(H2,18,19,20,21,23). The Hall–Kier alpha value is -1.89. The van der Waals surface area contributed by atoms with Crippen LogP contribution in [-0.2, 0) is 4.79 Å². The molecular formula is C15H13Cl2N3O2S. The molecule has 0 spiro atoms. The topological polar surface area (TPSA) is 63.2 Å². The SMILES string of the molecule is CC(Oc1ccc(Cl)cc1Cl)C(=O)NC(=S)Nc1ccccn1. The number of ether oxygens (including phenoxy) is 1. The largest absolute Gasteiger partial charge is 0.479 e. The van der Waals surface area contributed by atoms with E-state index in [1.807, 2.05) is 0 Å². The zero-order valence-electron chi connectivity index (χ0n) is 12.0. The number of carbonyl (C=O) groups is 1. The van der Waals surface area contributed by atoms with Crippen LogP contribution in [0.5, 0.6) is 5.75 Å².